The lowest BCUT2D eigenvalue weighted by molar-refractivity contribution is 0.0951. The van der Waals surface area contributed by atoms with Gasteiger partial charge in [0, 0.05) is 30.8 Å². The Bertz CT molecular complexity index is 627. The monoisotopic (exact) mass is 271 g/mol. The summed E-state index contributed by atoms with van der Waals surface area (Å²) in [6.07, 6.45) is 4.98. The van der Waals surface area contributed by atoms with Gasteiger partial charge in [0.25, 0.3) is 5.91 Å². The van der Waals surface area contributed by atoms with Gasteiger partial charge >= 0.3 is 0 Å². The van der Waals surface area contributed by atoms with Gasteiger partial charge in [-0.05, 0) is 37.1 Å². The summed E-state index contributed by atoms with van der Waals surface area (Å²) >= 11 is 0. The third-order valence-electron chi connectivity index (χ3n) is 3.02. The van der Waals surface area contributed by atoms with E-state index in [1.807, 2.05) is 19.9 Å². The van der Waals surface area contributed by atoms with Crippen molar-refractivity contribution in [2.24, 2.45) is 5.84 Å². The number of nitrogen functional groups attached to an aromatic ring is 1. The van der Waals surface area contributed by atoms with Crippen LogP contribution in [0.3, 0.4) is 0 Å². The number of nitrogens with one attached hydrogen (secondary N) is 2. The average Bonchev–Trinajstić information content (AvgIpc) is 2.46. The van der Waals surface area contributed by atoms with Crippen LogP contribution in [0, 0.1) is 13.8 Å². The van der Waals surface area contributed by atoms with Gasteiger partial charge in [0.2, 0.25) is 0 Å². The number of hydrogen-bond acceptors (Lipinski definition) is 5. The first-order valence-electron chi connectivity index (χ1n) is 6.22. The predicted molar refractivity (Wildman–Crippen MR) is 76.9 cm³/mol. The molecule has 4 N–H and O–H groups in total. The number of carbonyl (C=O) groups excluding carboxylic acids is 1. The molecule has 0 unspecified atom stereocenters. The summed E-state index contributed by atoms with van der Waals surface area (Å²) in [5.41, 5.74) is 6.34. The van der Waals surface area contributed by atoms with E-state index in [0.717, 1.165) is 16.8 Å². The maximum absolute atomic E-state index is 12.2. The first-order valence-corrected chi connectivity index (χ1v) is 6.22. The number of pyridine rings is 2. The second-order valence-corrected chi connectivity index (χ2v) is 4.50. The molecule has 2 rings (SSSR count). The van der Waals surface area contributed by atoms with Gasteiger partial charge in [-0.15, -0.1) is 0 Å². The summed E-state index contributed by atoms with van der Waals surface area (Å²) in [6, 6.07) is 3.61. The number of anilines is 1. The summed E-state index contributed by atoms with van der Waals surface area (Å²) in [5, 5.41) is 2.85. The fraction of sp³-hybridized carbons (Fsp3) is 0.214. The Balaban J connectivity index is 2.11. The summed E-state index contributed by atoms with van der Waals surface area (Å²) < 4.78 is 0. The number of aromatic nitrogens is 2. The van der Waals surface area contributed by atoms with E-state index >= 15 is 0 Å². The molecule has 0 radical (unpaired) electrons. The van der Waals surface area contributed by atoms with Crippen molar-refractivity contribution in [3.8, 4) is 0 Å². The molecule has 6 nitrogen and oxygen atoms in total. The van der Waals surface area contributed by atoms with Crippen molar-refractivity contribution in [3.63, 3.8) is 0 Å². The van der Waals surface area contributed by atoms with E-state index in [2.05, 4.69) is 20.7 Å². The summed E-state index contributed by atoms with van der Waals surface area (Å²) in [6.45, 7) is 4.22. The van der Waals surface area contributed by atoms with Crippen LogP contribution in [-0.4, -0.2) is 15.9 Å². The molecule has 0 saturated carbocycles. The van der Waals surface area contributed by atoms with Crippen molar-refractivity contribution < 1.29 is 4.79 Å². The van der Waals surface area contributed by atoms with Crippen LogP contribution in [0.4, 0.5) is 5.69 Å². The fourth-order valence-corrected chi connectivity index (χ4v) is 1.83. The smallest absolute Gasteiger partial charge is 0.255 e. The Hall–Kier alpha value is -2.47. The Kier molecular flexibility index (Phi) is 4.27. The van der Waals surface area contributed by atoms with Crippen LogP contribution in [-0.2, 0) is 6.54 Å². The van der Waals surface area contributed by atoms with Gasteiger partial charge in [0.15, 0.2) is 0 Å². The first-order chi connectivity index (χ1) is 9.61. The van der Waals surface area contributed by atoms with Gasteiger partial charge in [0.1, 0.15) is 0 Å². The zero-order chi connectivity index (χ0) is 14.5. The molecule has 0 aliphatic heterocycles. The number of aryl methyl sites for hydroxylation is 2. The normalized spacial score (nSPS) is 10.2. The topological polar surface area (TPSA) is 92.9 Å². The molecular formula is C14H17N5O. The largest absolute Gasteiger partial charge is 0.348 e. The van der Waals surface area contributed by atoms with E-state index in [4.69, 9.17) is 5.84 Å². The Morgan fingerprint density at radius 3 is 2.85 bits per heavy atom. The quantitative estimate of drug-likeness (QED) is 0.576. The molecule has 0 aliphatic rings. The highest BCUT2D eigenvalue weighted by atomic mass is 16.1. The molecule has 0 atom stereocenters. The third-order valence-corrected chi connectivity index (χ3v) is 3.02. The van der Waals surface area contributed by atoms with Crippen LogP contribution < -0.4 is 16.6 Å². The minimum Gasteiger partial charge on any atom is -0.348 e. The van der Waals surface area contributed by atoms with Crippen molar-refractivity contribution in [2.45, 2.75) is 20.4 Å². The molecule has 0 bridgehead atoms. The molecule has 2 aromatic rings. The van der Waals surface area contributed by atoms with Gasteiger partial charge in [-0.3, -0.25) is 20.6 Å². The number of carbonyl (C=O) groups is 1. The van der Waals surface area contributed by atoms with E-state index in [9.17, 15) is 4.79 Å². The van der Waals surface area contributed by atoms with Crippen molar-refractivity contribution >= 4 is 11.6 Å². The number of hydrogen-bond donors (Lipinski definition) is 3. The molecule has 0 spiro atoms. The number of hydrazine groups is 1. The Labute approximate surface area is 117 Å². The molecule has 0 aliphatic carbocycles. The highest BCUT2D eigenvalue weighted by Crippen LogP contribution is 2.14. The van der Waals surface area contributed by atoms with Crippen LogP contribution in [0.5, 0.6) is 0 Å². The van der Waals surface area contributed by atoms with Gasteiger partial charge in [-0.2, -0.15) is 0 Å². The minimum absolute atomic E-state index is 0.221. The van der Waals surface area contributed by atoms with Gasteiger partial charge in [0.05, 0.1) is 11.3 Å². The number of nitrogens with two attached hydrogens (primary N) is 1. The molecule has 2 aromatic heterocycles. The molecule has 2 heterocycles. The standard InChI is InChI=1S/C14H17N5O/c1-9-6-16-4-3-11(9)7-18-14(20)12-8-17-10(2)5-13(12)19-15/h3-6,8H,7,15H2,1-2H3,(H,17,19)(H,18,20). The molecule has 0 fully saturated rings. The van der Waals surface area contributed by atoms with Crippen molar-refractivity contribution in [1.29, 1.82) is 0 Å². The van der Waals surface area contributed by atoms with Crippen molar-refractivity contribution in [1.82, 2.24) is 15.3 Å². The average molecular weight is 271 g/mol. The first kappa shape index (κ1) is 14.0. The van der Waals surface area contributed by atoms with E-state index in [1.165, 1.54) is 6.20 Å². The second-order valence-electron chi connectivity index (χ2n) is 4.50. The van der Waals surface area contributed by atoms with Gasteiger partial charge < -0.3 is 10.7 Å². The lowest BCUT2D eigenvalue weighted by atomic mass is 10.1. The predicted octanol–water partition coefficient (Wildman–Crippen LogP) is 1.31. The van der Waals surface area contributed by atoms with Crippen molar-refractivity contribution in [3.05, 3.63) is 53.1 Å². The van der Waals surface area contributed by atoms with E-state index in [0.29, 0.717) is 17.8 Å². The highest BCUT2D eigenvalue weighted by molar-refractivity contribution is 5.99. The maximum atomic E-state index is 12.2. The van der Waals surface area contributed by atoms with E-state index < -0.39 is 0 Å². The number of rotatable bonds is 4. The van der Waals surface area contributed by atoms with E-state index in [1.54, 1.807) is 18.5 Å². The molecule has 6 heteroatoms. The summed E-state index contributed by atoms with van der Waals surface area (Å²) in [5.74, 6) is 5.20. The van der Waals surface area contributed by atoms with Crippen LogP contribution in [0.15, 0.2) is 30.7 Å². The third kappa shape index (κ3) is 3.10. The Morgan fingerprint density at radius 2 is 2.15 bits per heavy atom. The number of amides is 1. The van der Waals surface area contributed by atoms with Crippen LogP contribution >= 0.6 is 0 Å². The lowest BCUT2D eigenvalue weighted by Gasteiger charge is -2.11. The summed E-state index contributed by atoms with van der Waals surface area (Å²) in [7, 11) is 0. The fourth-order valence-electron chi connectivity index (χ4n) is 1.83. The zero-order valence-corrected chi connectivity index (χ0v) is 11.5. The molecular weight excluding hydrogens is 254 g/mol. The van der Waals surface area contributed by atoms with Crippen LogP contribution in [0.2, 0.25) is 0 Å². The minimum atomic E-state index is -0.221. The SMILES string of the molecule is Cc1cc(NN)c(C(=O)NCc2ccncc2C)cn1. The number of nitrogens with zero attached hydrogens (tertiary/aromatic N) is 2. The van der Waals surface area contributed by atoms with Crippen molar-refractivity contribution in [2.75, 3.05) is 5.43 Å². The Morgan fingerprint density at radius 1 is 1.35 bits per heavy atom. The second kappa shape index (κ2) is 6.12. The molecule has 104 valence electrons. The van der Waals surface area contributed by atoms with Crippen LogP contribution in [0.1, 0.15) is 27.2 Å². The lowest BCUT2D eigenvalue weighted by Crippen LogP contribution is -2.25. The molecule has 1 amide bonds. The van der Waals surface area contributed by atoms with Gasteiger partial charge in [-0.25, -0.2) is 0 Å². The van der Waals surface area contributed by atoms with Gasteiger partial charge in [-0.1, -0.05) is 0 Å². The summed E-state index contributed by atoms with van der Waals surface area (Å²) in [4.78, 5) is 20.3. The molecule has 0 saturated heterocycles. The molecule has 0 aromatic carbocycles. The maximum Gasteiger partial charge on any atom is 0.255 e. The zero-order valence-electron chi connectivity index (χ0n) is 11.5. The molecule has 20 heavy (non-hydrogen) atoms. The van der Waals surface area contributed by atoms with E-state index in [-0.39, 0.29) is 5.91 Å². The highest BCUT2D eigenvalue weighted by Gasteiger charge is 2.12. The van der Waals surface area contributed by atoms with Crippen LogP contribution in [0.25, 0.3) is 0 Å².